The lowest BCUT2D eigenvalue weighted by Gasteiger charge is -2.13. The predicted molar refractivity (Wildman–Crippen MR) is 171 cm³/mol. The fourth-order valence-electron chi connectivity index (χ4n) is 4.60. The van der Waals surface area contributed by atoms with Crippen molar-refractivity contribution in [1.82, 2.24) is 9.36 Å². The molecule has 0 bridgehead atoms. The summed E-state index contributed by atoms with van der Waals surface area (Å²) >= 11 is 2.66. The van der Waals surface area contributed by atoms with Crippen LogP contribution in [0.4, 0.5) is 51.1 Å². The standard InChI is InChI=1S/C31H26F3N9S2/c1-19-18-24(37-40-27-13-14-28(44-27)43-15-3-4-16-43)10-11-25(19)38-36-23-9-12-26(20(2)17-23)39-41-30-35-29(42-45-30)21-5-7-22(8-6-21)31(32,33)34/h5-14,17-18H,3-4,15-16H2,1-2H3. The van der Waals surface area contributed by atoms with Crippen molar-refractivity contribution in [3.63, 3.8) is 0 Å². The summed E-state index contributed by atoms with van der Waals surface area (Å²) in [6.07, 6.45) is -1.92. The largest absolute Gasteiger partial charge is 0.416 e. The summed E-state index contributed by atoms with van der Waals surface area (Å²) in [6, 6.07) is 19.9. The molecule has 3 heterocycles. The van der Waals surface area contributed by atoms with E-state index in [0.717, 1.165) is 64.3 Å². The highest BCUT2D eigenvalue weighted by Gasteiger charge is 2.30. The van der Waals surface area contributed by atoms with E-state index in [-0.39, 0.29) is 11.0 Å². The Bertz CT molecular complexity index is 1890. The second-order valence-electron chi connectivity index (χ2n) is 10.3. The molecule has 0 amide bonds. The van der Waals surface area contributed by atoms with Crippen molar-refractivity contribution >= 4 is 60.8 Å². The zero-order chi connectivity index (χ0) is 31.4. The van der Waals surface area contributed by atoms with Gasteiger partial charge in [-0.25, -0.2) is 0 Å². The van der Waals surface area contributed by atoms with E-state index in [9.17, 15) is 13.2 Å². The molecule has 1 fully saturated rings. The number of aryl methyl sites for hydroxylation is 2. The minimum absolute atomic E-state index is 0.286. The Balaban J connectivity index is 1.07. The summed E-state index contributed by atoms with van der Waals surface area (Å²) in [7, 11) is 0. The highest BCUT2D eigenvalue weighted by atomic mass is 32.1. The normalized spacial score (nSPS) is 14.1. The van der Waals surface area contributed by atoms with Crippen LogP contribution < -0.4 is 4.90 Å². The van der Waals surface area contributed by atoms with Crippen LogP contribution in [0.1, 0.15) is 29.5 Å². The second-order valence-corrected chi connectivity index (χ2v) is 12.1. The van der Waals surface area contributed by atoms with Crippen molar-refractivity contribution in [2.24, 2.45) is 30.7 Å². The summed E-state index contributed by atoms with van der Waals surface area (Å²) < 4.78 is 42.7. The van der Waals surface area contributed by atoms with Crippen molar-refractivity contribution in [1.29, 1.82) is 0 Å². The molecule has 6 rings (SSSR count). The maximum atomic E-state index is 12.8. The molecule has 1 saturated heterocycles. The van der Waals surface area contributed by atoms with E-state index in [1.54, 1.807) is 23.5 Å². The van der Waals surface area contributed by atoms with Crippen molar-refractivity contribution in [3.8, 4) is 11.4 Å². The van der Waals surface area contributed by atoms with Gasteiger partial charge in [-0.1, -0.05) is 23.5 Å². The first-order valence-electron chi connectivity index (χ1n) is 14.0. The van der Waals surface area contributed by atoms with Crippen molar-refractivity contribution < 1.29 is 13.2 Å². The van der Waals surface area contributed by atoms with Crippen LogP contribution in [0, 0.1) is 13.8 Å². The van der Waals surface area contributed by atoms with Crippen LogP contribution in [0.3, 0.4) is 0 Å². The van der Waals surface area contributed by atoms with E-state index < -0.39 is 11.7 Å². The molecule has 5 aromatic rings. The Kier molecular flexibility index (Phi) is 8.85. The van der Waals surface area contributed by atoms with Gasteiger partial charge in [0.25, 0.3) is 0 Å². The molecule has 1 aliphatic heterocycles. The number of hydrogen-bond donors (Lipinski definition) is 0. The molecule has 228 valence electrons. The van der Waals surface area contributed by atoms with Gasteiger partial charge in [-0.2, -0.15) is 32.8 Å². The molecule has 0 radical (unpaired) electrons. The van der Waals surface area contributed by atoms with Crippen molar-refractivity contribution in [2.75, 3.05) is 18.0 Å². The lowest BCUT2D eigenvalue weighted by Crippen LogP contribution is -2.15. The van der Waals surface area contributed by atoms with E-state index in [0.29, 0.717) is 16.9 Å². The highest BCUT2D eigenvalue weighted by Crippen LogP contribution is 2.36. The van der Waals surface area contributed by atoms with Crippen molar-refractivity contribution in [2.45, 2.75) is 32.9 Å². The summed E-state index contributed by atoms with van der Waals surface area (Å²) in [5.41, 5.74) is 4.23. The minimum Gasteiger partial charge on any atom is -0.363 e. The van der Waals surface area contributed by atoms with Crippen LogP contribution >= 0.6 is 22.9 Å². The topological polar surface area (TPSA) is 103 Å². The average Bonchev–Trinajstić information content (AvgIpc) is 3.81. The molecule has 45 heavy (non-hydrogen) atoms. The average molecular weight is 646 g/mol. The number of alkyl halides is 3. The molecule has 3 aromatic carbocycles. The molecule has 9 nitrogen and oxygen atoms in total. The fourth-order valence-corrected chi connectivity index (χ4v) is 6.00. The van der Waals surface area contributed by atoms with Crippen LogP contribution in [0.2, 0.25) is 0 Å². The van der Waals surface area contributed by atoms with Crippen molar-refractivity contribution in [3.05, 3.63) is 89.5 Å². The molecule has 0 unspecified atom stereocenters. The number of nitrogens with zero attached hydrogens (tertiary/aromatic N) is 9. The van der Waals surface area contributed by atoms with Gasteiger partial charge in [0.15, 0.2) is 5.82 Å². The van der Waals surface area contributed by atoms with Crippen LogP contribution in [0.5, 0.6) is 0 Å². The zero-order valence-corrected chi connectivity index (χ0v) is 25.9. The summed E-state index contributed by atoms with van der Waals surface area (Å²) in [4.78, 5) is 6.66. The molecular formula is C31H26F3N9S2. The lowest BCUT2D eigenvalue weighted by atomic mass is 10.1. The SMILES string of the molecule is Cc1cc(N=Nc2ccc(N3CCCC3)s2)ccc1N=Nc1ccc(N=Nc2nc(-c3ccc(C(F)(F)F)cc3)ns2)c(C)c1. The third kappa shape index (κ3) is 7.52. The zero-order valence-electron chi connectivity index (χ0n) is 24.2. The van der Waals surface area contributed by atoms with Gasteiger partial charge in [0.2, 0.25) is 5.13 Å². The first-order valence-corrected chi connectivity index (χ1v) is 15.6. The number of thiophene rings is 1. The Morgan fingerprint density at radius 3 is 1.96 bits per heavy atom. The minimum atomic E-state index is -4.40. The van der Waals surface area contributed by atoms with E-state index in [4.69, 9.17) is 0 Å². The van der Waals surface area contributed by atoms with Gasteiger partial charge in [0.1, 0.15) is 5.00 Å². The van der Waals surface area contributed by atoms with E-state index in [2.05, 4.69) is 51.0 Å². The number of benzene rings is 3. The third-order valence-corrected chi connectivity index (χ3v) is 8.65. The Labute approximate surface area is 265 Å². The number of rotatable bonds is 8. The van der Waals surface area contributed by atoms with Gasteiger partial charge in [0, 0.05) is 30.2 Å². The molecule has 0 N–H and O–H groups in total. The van der Waals surface area contributed by atoms with Gasteiger partial charge in [-0.05, 0) is 98.5 Å². The molecule has 0 spiro atoms. The van der Waals surface area contributed by atoms with E-state index in [1.165, 1.54) is 30.0 Å². The quantitative estimate of drug-likeness (QED) is 0.157. The number of azo groups is 3. The number of anilines is 1. The Morgan fingerprint density at radius 2 is 1.33 bits per heavy atom. The lowest BCUT2D eigenvalue weighted by molar-refractivity contribution is -0.137. The monoisotopic (exact) mass is 645 g/mol. The molecule has 2 aromatic heterocycles. The van der Waals surface area contributed by atoms with Gasteiger partial charge >= 0.3 is 6.18 Å². The molecule has 0 saturated carbocycles. The van der Waals surface area contributed by atoms with Gasteiger partial charge in [0.05, 0.1) is 33.3 Å². The Hall–Kier alpha value is -4.69. The molecule has 0 atom stereocenters. The highest BCUT2D eigenvalue weighted by molar-refractivity contribution is 7.19. The van der Waals surface area contributed by atoms with E-state index in [1.807, 2.05) is 44.2 Å². The molecule has 1 aliphatic rings. The Morgan fingerprint density at radius 1 is 0.711 bits per heavy atom. The van der Waals surface area contributed by atoms with Crippen LogP contribution in [-0.4, -0.2) is 22.4 Å². The maximum Gasteiger partial charge on any atom is 0.416 e. The van der Waals surface area contributed by atoms with Crippen LogP contribution in [0.15, 0.2) is 103 Å². The van der Waals surface area contributed by atoms with Gasteiger partial charge in [-0.3, -0.25) is 0 Å². The summed E-state index contributed by atoms with van der Waals surface area (Å²) in [6.45, 7) is 6.04. The first kappa shape index (κ1) is 30.3. The fraction of sp³-hybridized carbons (Fsp3) is 0.226. The summed E-state index contributed by atoms with van der Waals surface area (Å²) in [5, 5.41) is 28.4. The smallest absolute Gasteiger partial charge is 0.363 e. The van der Waals surface area contributed by atoms with Gasteiger partial charge in [-0.15, -0.1) is 20.5 Å². The molecule has 14 heteroatoms. The number of hydrogen-bond acceptors (Lipinski definition) is 11. The summed E-state index contributed by atoms with van der Waals surface area (Å²) in [5.74, 6) is 0.288. The van der Waals surface area contributed by atoms with Gasteiger partial charge < -0.3 is 4.90 Å². The molecular weight excluding hydrogens is 620 g/mol. The second kappa shape index (κ2) is 13.1. The van der Waals surface area contributed by atoms with Crippen LogP contribution in [0.25, 0.3) is 11.4 Å². The van der Waals surface area contributed by atoms with E-state index >= 15 is 0 Å². The van der Waals surface area contributed by atoms with Crippen LogP contribution in [-0.2, 0) is 6.18 Å². The number of halogens is 3. The number of aromatic nitrogens is 2. The first-order chi connectivity index (χ1) is 21.7. The predicted octanol–water partition coefficient (Wildman–Crippen LogP) is 11.7. The third-order valence-electron chi connectivity index (χ3n) is 7.02. The maximum absolute atomic E-state index is 12.8. The molecule has 0 aliphatic carbocycles.